The summed E-state index contributed by atoms with van der Waals surface area (Å²) in [4.78, 5) is 2.19. The van der Waals surface area contributed by atoms with Crippen molar-refractivity contribution in [1.29, 1.82) is 0 Å². The Morgan fingerprint density at radius 3 is 2.15 bits per heavy atom. The second-order valence-electron chi connectivity index (χ2n) is 8.21. The molecule has 0 bridgehead atoms. The number of alkyl halides is 1. The van der Waals surface area contributed by atoms with Crippen LogP contribution >= 0.6 is 0 Å². The van der Waals surface area contributed by atoms with E-state index in [-0.39, 0.29) is 6.61 Å². The normalized spacial score (nSPS) is 12.6. The van der Waals surface area contributed by atoms with Gasteiger partial charge in [0.15, 0.2) is 0 Å². The number of para-hydroxylation sites is 2. The van der Waals surface area contributed by atoms with Gasteiger partial charge in [-0.25, -0.2) is 4.39 Å². The predicted octanol–water partition coefficient (Wildman–Crippen LogP) is 4.65. The molecule has 0 unspecified atom stereocenters. The summed E-state index contributed by atoms with van der Waals surface area (Å²) in [6.45, 7) is 2.56. The molecule has 1 heterocycles. The van der Waals surface area contributed by atoms with E-state index in [9.17, 15) is 9.50 Å². The number of nitrogens with zero attached hydrogens (tertiary/aromatic N) is 2. The monoisotopic (exact) mass is 450 g/mol. The van der Waals surface area contributed by atoms with Crippen LogP contribution in [0.4, 0.5) is 4.39 Å². The number of hydrogen-bond donors (Lipinski definition) is 1. The van der Waals surface area contributed by atoms with Crippen molar-refractivity contribution in [3.05, 3.63) is 78.4 Å². The minimum absolute atomic E-state index is 0.0638. The van der Waals surface area contributed by atoms with E-state index in [1.807, 2.05) is 36.4 Å². The standard InChI is InChI=1S/C27H31FN2O3/c1-32-17-15-29(18-21-10-12-23(13-11-21)33-16-14-28)19-22(31)20-30-26-8-4-2-6-24(26)25-7-3-5-9-27(25)30/h2-13,22,31H,14-20H2,1H3/t22-/m1/s1. The quantitative estimate of drug-likeness (QED) is 0.341. The molecule has 4 rings (SSSR count). The first-order valence-corrected chi connectivity index (χ1v) is 11.3. The van der Waals surface area contributed by atoms with Crippen molar-refractivity contribution in [2.24, 2.45) is 0 Å². The van der Waals surface area contributed by atoms with E-state index >= 15 is 0 Å². The number of hydrogen-bond acceptors (Lipinski definition) is 4. The third-order valence-electron chi connectivity index (χ3n) is 5.83. The number of rotatable bonds is 12. The van der Waals surface area contributed by atoms with Crippen LogP contribution in [0.1, 0.15) is 5.56 Å². The lowest BCUT2D eigenvalue weighted by atomic mass is 10.2. The van der Waals surface area contributed by atoms with Crippen molar-refractivity contribution in [2.45, 2.75) is 19.2 Å². The Bertz CT molecular complexity index is 1110. The molecule has 6 heteroatoms. The summed E-state index contributed by atoms with van der Waals surface area (Å²) in [7, 11) is 1.68. The molecule has 0 spiro atoms. The molecular weight excluding hydrogens is 419 g/mol. The maximum atomic E-state index is 12.3. The lowest BCUT2D eigenvalue weighted by Gasteiger charge is -2.25. The van der Waals surface area contributed by atoms with Crippen molar-refractivity contribution in [2.75, 3.05) is 40.1 Å². The van der Waals surface area contributed by atoms with Crippen molar-refractivity contribution in [3.8, 4) is 5.75 Å². The molecule has 1 N–H and O–H groups in total. The summed E-state index contributed by atoms with van der Waals surface area (Å²) in [5.74, 6) is 0.659. The summed E-state index contributed by atoms with van der Waals surface area (Å²) >= 11 is 0. The number of halogens is 1. The van der Waals surface area contributed by atoms with E-state index in [1.54, 1.807) is 7.11 Å². The van der Waals surface area contributed by atoms with Crippen molar-refractivity contribution in [3.63, 3.8) is 0 Å². The fourth-order valence-electron chi connectivity index (χ4n) is 4.33. The molecule has 0 amide bonds. The van der Waals surface area contributed by atoms with Crippen molar-refractivity contribution < 1.29 is 19.0 Å². The van der Waals surface area contributed by atoms with Gasteiger partial charge >= 0.3 is 0 Å². The Labute approximate surface area is 194 Å². The second kappa shape index (κ2) is 11.3. The number of methoxy groups -OCH3 is 1. The van der Waals surface area contributed by atoms with Gasteiger partial charge in [-0.2, -0.15) is 0 Å². The molecule has 0 fully saturated rings. The van der Waals surface area contributed by atoms with Crippen molar-refractivity contribution in [1.82, 2.24) is 9.47 Å². The second-order valence-corrected chi connectivity index (χ2v) is 8.21. The van der Waals surface area contributed by atoms with E-state index in [4.69, 9.17) is 9.47 Å². The SMILES string of the molecule is COCCN(Cc1ccc(OCCF)cc1)C[C@@H](O)Cn1c2ccccc2c2ccccc21. The molecule has 1 aromatic heterocycles. The highest BCUT2D eigenvalue weighted by Gasteiger charge is 2.16. The molecule has 0 aliphatic rings. The molecular formula is C27H31FN2O3. The van der Waals surface area contributed by atoms with Crippen LogP contribution in [-0.2, 0) is 17.8 Å². The van der Waals surface area contributed by atoms with Gasteiger partial charge in [-0.05, 0) is 29.8 Å². The first kappa shape index (κ1) is 23.2. The maximum absolute atomic E-state index is 12.3. The number of aliphatic hydroxyl groups excluding tert-OH is 1. The van der Waals surface area contributed by atoms with Crippen LogP contribution in [0.2, 0.25) is 0 Å². The molecule has 0 aliphatic carbocycles. The fraction of sp³-hybridized carbons (Fsp3) is 0.333. The zero-order valence-electron chi connectivity index (χ0n) is 19.0. The Kier molecular flexibility index (Phi) is 7.94. The first-order chi connectivity index (χ1) is 16.2. The Balaban J connectivity index is 1.48. The van der Waals surface area contributed by atoms with Crippen LogP contribution in [0.5, 0.6) is 5.75 Å². The average molecular weight is 451 g/mol. The Morgan fingerprint density at radius 2 is 1.55 bits per heavy atom. The molecule has 0 saturated heterocycles. The zero-order chi connectivity index (χ0) is 23.0. The van der Waals surface area contributed by atoms with E-state index in [2.05, 4.69) is 45.9 Å². The first-order valence-electron chi connectivity index (χ1n) is 11.3. The molecule has 4 aromatic rings. The third-order valence-corrected chi connectivity index (χ3v) is 5.83. The van der Waals surface area contributed by atoms with Gasteiger partial charge in [-0.15, -0.1) is 0 Å². The summed E-state index contributed by atoms with van der Waals surface area (Å²) < 4.78 is 25.1. The van der Waals surface area contributed by atoms with Gasteiger partial charge in [-0.3, -0.25) is 4.90 Å². The van der Waals surface area contributed by atoms with E-state index < -0.39 is 12.8 Å². The summed E-state index contributed by atoms with van der Waals surface area (Å²) in [6, 6.07) is 24.3. The van der Waals surface area contributed by atoms with Gasteiger partial charge in [0.25, 0.3) is 0 Å². The van der Waals surface area contributed by atoms with E-state index in [0.29, 0.717) is 38.5 Å². The van der Waals surface area contributed by atoms with Crippen molar-refractivity contribution >= 4 is 21.8 Å². The largest absolute Gasteiger partial charge is 0.491 e. The minimum Gasteiger partial charge on any atom is -0.491 e. The predicted molar refractivity (Wildman–Crippen MR) is 131 cm³/mol. The lowest BCUT2D eigenvalue weighted by Crippen LogP contribution is -2.36. The van der Waals surface area contributed by atoms with Gasteiger partial charge in [0.05, 0.1) is 19.3 Å². The summed E-state index contributed by atoms with van der Waals surface area (Å²) in [5, 5.41) is 13.5. The molecule has 3 aromatic carbocycles. The van der Waals surface area contributed by atoms with Gasteiger partial charge in [0, 0.05) is 48.5 Å². The van der Waals surface area contributed by atoms with E-state index in [0.717, 1.165) is 16.6 Å². The number of fused-ring (bicyclic) bond motifs is 3. The van der Waals surface area contributed by atoms with Gasteiger partial charge < -0.3 is 19.1 Å². The van der Waals surface area contributed by atoms with Crippen LogP contribution in [0.15, 0.2) is 72.8 Å². The van der Waals surface area contributed by atoms with Crippen LogP contribution in [0.3, 0.4) is 0 Å². The lowest BCUT2D eigenvalue weighted by molar-refractivity contribution is 0.0768. The van der Waals surface area contributed by atoms with Crippen LogP contribution < -0.4 is 4.74 Å². The maximum Gasteiger partial charge on any atom is 0.123 e. The number of ether oxygens (including phenoxy) is 2. The van der Waals surface area contributed by atoms with Crippen LogP contribution in [-0.4, -0.2) is 60.8 Å². The molecule has 1 atom stereocenters. The van der Waals surface area contributed by atoms with Crippen LogP contribution in [0, 0.1) is 0 Å². The Hall–Kier alpha value is -2.93. The Morgan fingerprint density at radius 1 is 0.909 bits per heavy atom. The molecule has 33 heavy (non-hydrogen) atoms. The highest BCUT2D eigenvalue weighted by Crippen LogP contribution is 2.29. The fourth-order valence-corrected chi connectivity index (χ4v) is 4.33. The topological polar surface area (TPSA) is 46.9 Å². The molecule has 5 nitrogen and oxygen atoms in total. The highest BCUT2D eigenvalue weighted by molar-refractivity contribution is 6.07. The number of aromatic nitrogens is 1. The molecule has 0 saturated carbocycles. The molecule has 0 radical (unpaired) electrons. The van der Waals surface area contributed by atoms with Gasteiger partial charge in [0.1, 0.15) is 19.0 Å². The zero-order valence-corrected chi connectivity index (χ0v) is 19.0. The average Bonchev–Trinajstić information content (AvgIpc) is 3.16. The smallest absolute Gasteiger partial charge is 0.123 e. The highest BCUT2D eigenvalue weighted by atomic mass is 19.1. The number of aliphatic hydroxyl groups is 1. The third kappa shape index (κ3) is 5.71. The van der Waals surface area contributed by atoms with E-state index in [1.165, 1.54) is 10.8 Å². The van der Waals surface area contributed by atoms with Gasteiger partial charge in [0.2, 0.25) is 0 Å². The molecule has 0 aliphatic heterocycles. The summed E-state index contributed by atoms with van der Waals surface area (Å²) in [5.41, 5.74) is 3.36. The van der Waals surface area contributed by atoms with Crippen LogP contribution in [0.25, 0.3) is 21.8 Å². The number of benzene rings is 3. The summed E-state index contributed by atoms with van der Waals surface area (Å²) in [6.07, 6.45) is -0.548. The minimum atomic E-state index is -0.548. The molecule has 174 valence electrons. The van der Waals surface area contributed by atoms with Gasteiger partial charge in [-0.1, -0.05) is 48.5 Å².